The SMILES string of the molecule is COc1ccccc1[C@H]1CN(Cc2nc3ccccc3n2C)Cc2ccccc2O1. The number of hydrogen-bond acceptors (Lipinski definition) is 4. The van der Waals surface area contributed by atoms with Crippen LogP contribution in [0.4, 0.5) is 0 Å². The van der Waals surface area contributed by atoms with Crippen molar-refractivity contribution in [3.63, 3.8) is 0 Å². The maximum atomic E-state index is 6.49. The topological polar surface area (TPSA) is 39.5 Å². The molecule has 1 aliphatic heterocycles. The maximum absolute atomic E-state index is 6.49. The Morgan fingerprint density at radius 1 is 1.00 bits per heavy atom. The Morgan fingerprint density at radius 2 is 1.77 bits per heavy atom. The minimum atomic E-state index is -0.125. The fourth-order valence-electron chi connectivity index (χ4n) is 4.23. The van der Waals surface area contributed by atoms with Gasteiger partial charge in [-0.15, -0.1) is 0 Å². The number of nitrogens with zero attached hydrogens (tertiary/aromatic N) is 3. The van der Waals surface area contributed by atoms with Crippen LogP contribution in [0, 0.1) is 0 Å². The summed E-state index contributed by atoms with van der Waals surface area (Å²) >= 11 is 0. The zero-order chi connectivity index (χ0) is 20.5. The predicted molar refractivity (Wildman–Crippen MR) is 118 cm³/mol. The van der Waals surface area contributed by atoms with Gasteiger partial charge in [0.2, 0.25) is 0 Å². The Bertz CT molecular complexity index is 1180. The molecule has 3 aromatic carbocycles. The largest absolute Gasteiger partial charge is 0.496 e. The Labute approximate surface area is 176 Å². The van der Waals surface area contributed by atoms with Gasteiger partial charge in [0.05, 0.1) is 24.7 Å². The summed E-state index contributed by atoms with van der Waals surface area (Å²) in [5.74, 6) is 2.83. The fourth-order valence-corrected chi connectivity index (χ4v) is 4.23. The molecule has 1 aliphatic rings. The number of benzene rings is 3. The number of fused-ring (bicyclic) bond motifs is 2. The Hall–Kier alpha value is -3.31. The molecule has 152 valence electrons. The van der Waals surface area contributed by atoms with Crippen LogP contribution in [0.2, 0.25) is 0 Å². The Balaban J connectivity index is 1.51. The van der Waals surface area contributed by atoms with Crippen molar-refractivity contribution in [1.29, 1.82) is 0 Å². The summed E-state index contributed by atoms with van der Waals surface area (Å²) in [4.78, 5) is 7.29. The van der Waals surface area contributed by atoms with Crippen LogP contribution in [0.5, 0.6) is 11.5 Å². The first-order chi connectivity index (χ1) is 14.7. The highest BCUT2D eigenvalue weighted by Gasteiger charge is 2.27. The highest BCUT2D eigenvalue weighted by Crippen LogP contribution is 2.35. The van der Waals surface area contributed by atoms with Crippen LogP contribution in [0.15, 0.2) is 72.8 Å². The molecule has 0 saturated carbocycles. The van der Waals surface area contributed by atoms with Crippen molar-refractivity contribution >= 4 is 11.0 Å². The molecule has 0 spiro atoms. The van der Waals surface area contributed by atoms with E-state index in [9.17, 15) is 0 Å². The molecule has 2 heterocycles. The van der Waals surface area contributed by atoms with Crippen LogP contribution in [0.25, 0.3) is 11.0 Å². The van der Waals surface area contributed by atoms with Crippen LogP contribution in [0.3, 0.4) is 0 Å². The number of rotatable bonds is 4. The average molecular weight is 399 g/mol. The van der Waals surface area contributed by atoms with E-state index in [0.29, 0.717) is 0 Å². The molecule has 5 nitrogen and oxygen atoms in total. The molecule has 0 unspecified atom stereocenters. The van der Waals surface area contributed by atoms with Crippen molar-refractivity contribution in [1.82, 2.24) is 14.5 Å². The Morgan fingerprint density at radius 3 is 2.63 bits per heavy atom. The number of para-hydroxylation sites is 4. The summed E-state index contributed by atoms with van der Waals surface area (Å²) in [5, 5.41) is 0. The van der Waals surface area contributed by atoms with E-state index in [4.69, 9.17) is 14.5 Å². The average Bonchev–Trinajstić information content (AvgIpc) is 2.98. The lowest BCUT2D eigenvalue weighted by Gasteiger charge is -2.25. The van der Waals surface area contributed by atoms with Crippen molar-refractivity contribution < 1.29 is 9.47 Å². The number of aryl methyl sites for hydroxylation is 1. The monoisotopic (exact) mass is 399 g/mol. The lowest BCUT2D eigenvalue weighted by molar-refractivity contribution is 0.139. The molecule has 0 bridgehead atoms. The van der Waals surface area contributed by atoms with Crippen LogP contribution in [-0.2, 0) is 20.1 Å². The number of methoxy groups -OCH3 is 1. The standard InChI is InChI=1S/C25H25N3O2/c1-27-21-12-6-5-11-20(21)26-25(27)17-28-15-18-9-3-7-13-22(18)30-24(16-28)19-10-4-8-14-23(19)29-2/h3-14,24H,15-17H2,1-2H3/t24-/m1/s1. The van der Waals surface area contributed by atoms with Crippen LogP contribution >= 0.6 is 0 Å². The smallest absolute Gasteiger partial charge is 0.140 e. The second-order valence-corrected chi connectivity index (χ2v) is 7.70. The normalized spacial score (nSPS) is 16.7. The molecule has 1 aromatic heterocycles. The third-order valence-corrected chi connectivity index (χ3v) is 5.79. The van der Waals surface area contributed by atoms with Gasteiger partial charge < -0.3 is 14.0 Å². The molecule has 0 fully saturated rings. The molecular formula is C25H25N3O2. The third-order valence-electron chi connectivity index (χ3n) is 5.79. The number of aromatic nitrogens is 2. The highest BCUT2D eigenvalue weighted by molar-refractivity contribution is 5.75. The van der Waals surface area contributed by atoms with Gasteiger partial charge in [0, 0.05) is 31.3 Å². The second-order valence-electron chi connectivity index (χ2n) is 7.70. The lowest BCUT2D eigenvalue weighted by atomic mass is 10.1. The van der Waals surface area contributed by atoms with Gasteiger partial charge in [-0.3, -0.25) is 4.90 Å². The van der Waals surface area contributed by atoms with Crippen LogP contribution in [0.1, 0.15) is 23.1 Å². The zero-order valence-corrected chi connectivity index (χ0v) is 17.3. The summed E-state index contributed by atoms with van der Waals surface area (Å²) in [7, 11) is 3.80. The zero-order valence-electron chi connectivity index (χ0n) is 17.3. The second kappa shape index (κ2) is 7.84. The fraction of sp³-hybridized carbons (Fsp3) is 0.240. The van der Waals surface area contributed by atoms with Crippen molar-refractivity contribution in [3.8, 4) is 11.5 Å². The summed E-state index contributed by atoms with van der Waals surface area (Å²) in [5.41, 5.74) is 4.43. The first kappa shape index (κ1) is 18.7. The highest BCUT2D eigenvalue weighted by atomic mass is 16.5. The van der Waals surface area contributed by atoms with Crippen molar-refractivity contribution in [2.24, 2.45) is 7.05 Å². The minimum absolute atomic E-state index is 0.125. The van der Waals surface area contributed by atoms with E-state index in [1.807, 2.05) is 30.3 Å². The van der Waals surface area contributed by atoms with Gasteiger partial charge in [0.25, 0.3) is 0 Å². The summed E-state index contributed by atoms with van der Waals surface area (Å²) in [6.07, 6.45) is -0.125. The molecule has 4 aromatic rings. The van der Waals surface area contributed by atoms with Gasteiger partial charge >= 0.3 is 0 Å². The minimum Gasteiger partial charge on any atom is -0.496 e. The summed E-state index contributed by atoms with van der Waals surface area (Å²) < 4.78 is 14.3. The third kappa shape index (κ3) is 3.42. The van der Waals surface area contributed by atoms with Crippen LogP contribution < -0.4 is 9.47 Å². The van der Waals surface area contributed by atoms with E-state index in [1.165, 1.54) is 5.56 Å². The van der Waals surface area contributed by atoms with Crippen molar-refractivity contribution in [3.05, 3.63) is 89.7 Å². The molecule has 1 atom stereocenters. The van der Waals surface area contributed by atoms with Crippen molar-refractivity contribution in [2.45, 2.75) is 19.2 Å². The molecule has 0 radical (unpaired) electrons. The number of hydrogen-bond donors (Lipinski definition) is 0. The Kier molecular flexibility index (Phi) is 4.89. The van der Waals surface area contributed by atoms with Gasteiger partial charge in [-0.2, -0.15) is 0 Å². The van der Waals surface area contributed by atoms with Gasteiger partial charge in [0.15, 0.2) is 0 Å². The van der Waals surface area contributed by atoms with Gasteiger partial charge in [0.1, 0.15) is 23.4 Å². The van der Waals surface area contributed by atoms with E-state index in [1.54, 1.807) is 7.11 Å². The van der Waals surface area contributed by atoms with E-state index < -0.39 is 0 Å². The molecule has 5 heteroatoms. The molecule has 0 aliphatic carbocycles. The first-order valence-corrected chi connectivity index (χ1v) is 10.2. The molecule has 0 amide bonds. The molecule has 0 saturated heterocycles. The summed E-state index contributed by atoms with van der Waals surface area (Å²) in [6, 6.07) is 24.7. The summed E-state index contributed by atoms with van der Waals surface area (Å²) in [6.45, 7) is 2.30. The van der Waals surface area contributed by atoms with E-state index >= 15 is 0 Å². The van der Waals surface area contributed by atoms with Crippen molar-refractivity contribution in [2.75, 3.05) is 13.7 Å². The predicted octanol–water partition coefficient (Wildman–Crippen LogP) is 4.72. The van der Waals surface area contributed by atoms with Crippen LogP contribution in [-0.4, -0.2) is 28.1 Å². The first-order valence-electron chi connectivity index (χ1n) is 10.2. The molecule has 0 N–H and O–H groups in total. The number of imidazole rings is 1. The number of ether oxygens (including phenoxy) is 2. The van der Waals surface area contributed by atoms with Gasteiger partial charge in [-0.05, 0) is 24.3 Å². The maximum Gasteiger partial charge on any atom is 0.140 e. The molecule has 30 heavy (non-hydrogen) atoms. The molecule has 5 rings (SSSR count). The van der Waals surface area contributed by atoms with E-state index in [2.05, 4.69) is 59.0 Å². The molecular weight excluding hydrogens is 374 g/mol. The quantitative estimate of drug-likeness (QED) is 0.498. The lowest BCUT2D eigenvalue weighted by Crippen LogP contribution is -2.29. The van der Waals surface area contributed by atoms with E-state index in [-0.39, 0.29) is 6.10 Å². The van der Waals surface area contributed by atoms with Gasteiger partial charge in [-0.25, -0.2) is 4.98 Å². The van der Waals surface area contributed by atoms with E-state index in [0.717, 1.165) is 53.6 Å². The van der Waals surface area contributed by atoms with Gasteiger partial charge in [-0.1, -0.05) is 48.5 Å².